The zero-order chi connectivity index (χ0) is 12.9. The Balaban J connectivity index is 2.26. The summed E-state index contributed by atoms with van der Waals surface area (Å²) < 4.78 is 4.88. The van der Waals surface area contributed by atoms with E-state index >= 15 is 0 Å². The Morgan fingerprint density at radius 3 is 2.65 bits per heavy atom. The van der Waals surface area contributed by atoms with Crippen LogP contribution in [0.3, 0.4) is 0 Å². The summed E-state index contributed by atoms with van der Waals surface area (Å²) in [5.41, 5.74) is 0.604. The highest BCUT2D eigenvalue weighted by molar-refractivity contribution is 7.07. The van der Waals surface area contributed by atoms with Crippen LogP contribution < -0.4 is 5.32 Å². The van der Waals surface area contributed by atoms with Crippen LogP contribution in [0.4, 0.5) is 0 Å². The van der Waals surface area contributed by atoms with Crippen LogP contribution in [-0.2, 0) is 20.7 Å². The van der Waals surface area contributed by atoms with Gasteiger partial charge in [-0.05, 0) is 43.2 Å². The number of carbonyl (C=O) groups excluding carboxylic acids is 2. The largest absolute Gasteiger partial charge is 0.455 e. The number of carbonyl (C=O) groups is 2. The van der Waals surface area contributed by atoms with Crippen molar-refractivity contribution in [1.29, 1.82) is 0 Å². The summed E-state index contributed by atoms with van der Waals surface area (Å²) >= 11 is 1.53. The zero-order valence-electron chi connectivity index (χ0n) is 10.3. The van der Waals surface area contributed by atoms with Crippen molar-refractivity contribution >= 4 is 23.2 Å². The van der Waals surface area contributed by atoms with E-state index in [-0.39, 0.29) is 30.4 Å². The molecule has 0 bridgehead atoms. The van der Waals surface area contributed by atoms with E-state index < -0.39 is 0 Å². The molecule has 1 rings (SSSR count). The smallest absolute Gasteiger partial charge is 0.310 e. The van der Waals surface area contributed by atoms with Crippen LogP contribution in [-0.4, -0.2) is 24.0 Å². The van der Waals surface area contributed by atoms with Crippen molar-refractivity contribution in [2.24, 2.45) is 0 Å². The van der Waals surface area contributed by atoms with Gasteiger partial charge in [0.15, 0.2) is 6.61 Å². The van der Waals surface area contributed by atoms with E-state index in [1.807, 2.05) is 37.6 Å². The molecule has 0 spiro atoms. The average Bonchev–Trinajstić information content (AvgIpc) is 2.64. The van der Waals surface area contributed by atoms with Crippen LogP contribution in [0.2, 0.25) is 0 Å². The summed E-state index contributed by atoms with van der Waals surface area (Å²) in [4.78, 5) is 22.8. The molecule has 1 aromatic rings. The molecule has 0 saturated heterocycles. The van der Waals surface area contributed by atoms with E-state index in [1.54, 1.807) is 0 Å². The van der Waals surface area contributed by atoms with Crippen LogP contribution in [0.1, 0.15) is 26.3 Å². The molecule has 1 N–H and O–H groups in total. The summed E-state index contributed by atoms with van der Waals surface area (Å²) in [5, 5.41) is 6.50. The molecule has 0 radical (unpaired) electrons. The van der Waals surface area contributed by atoms with Crippen molar-refractivity contribution in [3.63, 3.8) is 0 Å². The third-order valence-corrected chi connectivity index (χ3v) is 2.54. The third kappa shape index (κ3) is 6.06. The van der Waals surface area contributed by atoms with E-state index in [2.05, 4.69) is 5.32 Å². The number of amides is 1. The number of thiophene rings is 1. The number of esters is 1. The number of hydrogen-bond acceptors (Lipinski definition) is 4. The van der Waals surface area contributed by atoms with Gasteiger partial charge in [-0.25, -0.2) is 0 Å². The van der Waals surface area contributed by atoms with E-state index in [9.17, 15) is 9.59 Å². The van der Waals surface area contributed by atoms with E-state index in [1.165, 1.54) is 11.3 Å². The molecule has 0 saturated carbocycles. The predicted molar refractivity (Wildman–Crippen MR) is 66.9 cm³/mol. The quantitative estimate of drug-likeness (QED) is 0.834. The van der Waals surface area contributed by atoms with Crippen LogP contribution in [0, 0.1) is 0 Å². The molecule has 1 aromatic heterocycles. The van der Waals surface area contributed by atoms with Crippen molar-refractivity contribution in [3.05, 3.63) is 22.4 Å². The second-order valence-electron chi connectivity index (χ2n) is 4.77. The molecule has 1 heterocycles. The summed E-state index contributed by atoms with van der Waals surface area (Å²) in [7, 11) is 0. The Bertz CT molecular complexity index is 379. The van der Waals surface area contributed by atoms with Gasteiger partial charge in [0.05, 0.1) is 6.42 Å². The maximum absolute atomic E-state index is 11.4. The second-order valence-corrected chi connectivity index (χ2v) is 5.55. The molecule has 0 aliphatic rings. The first-order valence-corrected chi connectivity index (χ1v) is 6.29. The van der Waals surface area contributed by atoms with Crippen LogP contribution >= 0.6 is 11.3 Å². The fourth-order valence-corrected chi connectivity index (χ4v) is 1.88. The van der Waals surface area contributed by atoms with Crippen LogP contribution in [0.15, 0.2) is 16.8 Å². The van der Waals surface area contributed by atoms with Gasteiger partial charge in [0, 0.05) is 5.54 Å². The molecule has 0 fully saturated rings. The van der Waals surface area contributed by atoms with Gasteiger partial charge in [-0.15, -0.1) is 0 Å². The lowest BCUT2D eigenvalue weighted by Crippen LogP contribution is -2.42. The normalized spacial score (nSPS) is 11.0. The molecule has 0 unspecified atom stereocenters. The number of ether oxygens (including phenoxy) is 1. The van der Waals surface area contributed by atoms with Gasteiger partial charge in [-0.3, -0.25) is 9.59 Å². The number of hydrogen-bond donors (Lipinski definition) is 1. The van der Waals surface area contributed by atoms with Gasteiger partial charge in [-0.1, -0.05) is 0 Å². The fourth-order valence-electron chi connectivity index (χ4n) is 1.21. The van der Waals surface area contributed by atoms with Gasteiger partial charge >= 0.3 is 5.97 Å². The zero-order valence-corrected chi connectivity index (χ0v) is 11.1. The summed E-state index contributed by atoms with van der Waals surface area (Å²) in [6.07, 6.45) is 0.215. The highest BCUT2D eigenvalue weighted by Crippen LogP contribution is 2.07. The molecule has 0 aliphatic heterocycles. The lowest BCUT2D eigenvalue weighted by Gasteiger charge is -2.20. The second kappa shape index (κ2) is 5.82. The summed E-state index contributed by atoms with van der Waals surface area (Å²) in [6.45, 7) is 5.40. The van der Waals surface area contributed by atoms with Gasteiger partial charge in [0.25, 0.3) is 5.91 Å². The molecule has 0 aliphatic carbocycles. The molecular weight excluding hydrogens is 238 g/mol. The molecular formula is C12H17NO3S. The molecule has 4 nitrogen and oxygen atoms in total. The maximum Gasteiger partial charge on any atom is 0.310 e. The van der Waals surface area contributed by atoms with Crippen molar-refractivity contribution in [2.75, 3.05) is 6.61 Å². The van der Waals surface area contributed by atoms with Crippen molar-refractivity contribution in [2.45, 2.75) is 32.7 Å². The highest BCUT2D eigenvalue weighted by Gasteiger charge is 2.15. The Hall–Kier alpha value is -1.36. The Labute approximate surface area is 105 Å². The first-order chi connectivity index (χ1) is 7.87. The molecule has 1 amide bonds. The molecule has 0 atom stereocenters. The summed E-state index contributed by atoms with van der Waals surface area (Å²) in [5.74, 6) is -0.663. The first kappa shape index (κ1) is 13.7. The van der Waals surface area contributed by atoms with E-state index in [0.717, 1.165) is 5.56 Å². The average molecular weight is 255 g/mol. The lowest BCUT2D eigenvalue weighted by molar-refractivity contribution is -0.148. The molecule has 5 heteroatoms. The minimum atomic E-state index is -0.382. The van der Waals surface area contributed by atoms with Crippen molar-refractivity contribution in [3.8, 4) is 0 Å². The van der Waals surface area contributed by atoms with Gasteiger partial charge < -0.3 is 10.1 Å². The summed E-state index contributed by atoms with van der Waals surface area (Å²) in [6, 6.07) is 1.86. The number of rotatable bonds is 4. The minimum absolute atomic E-state index is 0.215. The standard InChI is InChI=1S/C12H17NO3S/c1-12(2,3)13-10(14)7-16-11(15)6-9-4-5-17-8-9/h4-5,8H,6-7H2,1-3H3,(H,13,14). The topological polar surface area (TPSA) is 55.4 Å². The Morgan fingerprint density at radius 1 is 1.41 bits per heavy atom. The Kier molecular flexibility index (Phi) is 4.69. The fraction of sp³-hybridized carbons (Fsp3) is 0.500. The van der Waals surface area contributed by atoms with E-state index in [4.69, 9.17) is 4.74 Å². The van der Waals surface area contributed by atoms with Crippen molar-refractivity contribution < 1.29 is 14.3 Å². The molecule has 17 heavy (non-hydrogen) atoms. The third-order valence-electron chi connectivity index (χ3n) is 1.81. The number of nitrogens with one attached hydrogen (secondary N) is 1. The van der Waals surface area contributed by atoms with E-state index in [0.29, 0.717) is 0 Å². The van der Waals surface area contributed by atoms with Crippen molar-refractivity contribution in [1.82, 2.24) is 5.32 Å². The SMILES string of the molecule is CC(C)(C)NC(=O)COC(=O)Cc1ccsc1. The van der Waals surface area contributed by atoms with Gasteiger partial charge in [0.1, 0.15) is 0 Å². The predicted octanol–water partition coefficient (Wildman–Crippen LogP) is 1.75. The van der Waals surface area contributed by atoms with Gasteiger partial charge in [0.2, 0.25) is 0 Å². The first-order valence-electron chi connectivity index (χ1n) is 5.34. The molecule has 0 aromatic carbocycles. The highest BCUT2D eigenvalue weighted by atomic mass is 32.1. The minimum Gasteiger partial charge on any atom is -0.455 e. The van der Waals surface area contributed by atoms with Crippen LogP contribution in [0.25, 0.3) is 0 Å². The van der Waals surface area contributed by atoms with Crippen LogP contribution in [0.5, 0.6) is 0 Å². The monoisotopic (exact) mass is 255 g/mol. The molecule has 94 valence electrons. The Morgan fingerprint density at radius 2 is 2.12 bits per heavy atom. The maximum atomic E-state index is 11.4. The van der Waals surface area contributed by atoms with Gasteiger partial charge in [-0.2, -0.15) is 11.3 Å². The lowest BCUT2D eigenvalue weighted by atomic mass is 10.1.